The van der Waals surface area contributed by atoms with Crippen LogP contribution in [0.2, 0.25) is 0 Å². The minimum absolute atomic E-state index is 0.694. The van der Waals surface area contributed by atoms with Crippen molar-refractivity contribution in [2.45, 2.75) is 86.0 Å². The lowest BCUT2D eigenvalue weighted by molar-refractivity contribution is 0.596. The first kappa shape index (κ1) is 41.4. The van der Waals surface area contributed by atoms with E-state index in [0.29, 0.717) is 5.92 Å². The zero-order chi connectivity index (χ0) is 45.5. The highest BCUT2D eigenvalue weighted by Crippen LogP contribution is 2.47. The number of hydrogen-bond acceptors (Lipinski definition) is 3. The molecule has 1 aromatic heterocycles. The molecule has 1 radical (unpaired) electrons. The second kappa shape index (κ2) is 16.4. The largest absolute Gasteiger partial charge is 0.454 e. The fourth-order valence-electron chi connectivity index (χ4n) is 11.6. The topological polar surface area (TPSA) is 28.4 Å². The van der Waals surface area contributed by atoms with Crippen molar-refractivity contribution in [2.24, 2.45) is 0 Å². The molecule has 3 aliphatic rings. The van der Waals surface area contributed by atoms with Crippen LogP contribution in [0.25, 0.3) is 50.1 Å². The van der Waals surface area contributed by atoms with E-state index in [1.807, 2.05) is 0 Å². The van der Waals surface area contributed by atoms with Crippen molar-refractivity contribution < 1.29 is 4.42 Å². The molecule has 8 aromatic carbocycles. The Morgan fingerprint density at radius 2 is 1.46 bits per heavy atom. The number of hydrogen-bond donors (Lipinski definition) is 1. The van der Waals surface area contributed by atoms with E-state index < -0.39 is 0 Å². The van der Waals surface area contributed by atoms with Gasteiger partial charge in [-0.1, -0.05) is 121 Å². The van der Waals surface area contributed by atoms with Gasteiger partial charge in [0.05, 0.1) is 5.69 Å². The summed E-state index contributed by atoms with van der Waals surface area (Å²) in [7, 11) is 2.49. The molecule has 3 nitrogen and oxygen atoms in total. The fraction of sp³-hybridized carbons (Fsp3) is 0.206. The molecule has 0 spiro atoms. The molecular formula is C63H56BN2O. The van der Waals surface area contributed by atoms with Gasteiger partial charge >= 0.3 is 0 Å². The van der Waals surface area contributed by atoms with Crippen molar-refractivity contribution >= 4 is 74.5 Å². The number of para-hydroxylation sites is 1. The van der Waals surface area contributed by atoms with Crippen molar-refractivity contribution in [2.75, 3.05) is 10.2 Å². The van der Waals surface area contributed by atoms with Crippen LogP contribution < -0.4 is 21.1 Å². The van der Waals surface area contributed by atoms with Crippen LogP contribution in [0.15, 0.2) is 144 Å². The summed E-state index contributed by atoms with van der Waals surface area (Å²) in [6.07, 6.45) is 10.9. The molecule has 2 aliphatic carbocycles. The highest BCUT2D eigenvalue weighted by atomic mass is 16.3. The lowest BCUT2D eigenvalue weighted by Gasteiger charge is -2.37. The van der Waals surface area contributed by atoms with E-state index in [2.05, 4.69) is 205 Å². The van der Waals surface area contributed by atoms with Gasteiger partial charge < -0.3 is 14.6 Å². The standard InChI is InChI=1S/C63H56BN2O/c1-7-42-23-28-56(39(4)31-42)66-57-35-46(33-45-16-9-10-17-48(45)44-24-25-44)38(3)32-53(57)64-62-52(34-47(36-58(62)66)60-40(5)29-37(2)30-41(60)6)61-49-18-11-8-15-43(49)26-27-54(61)65-55-21-14-20-51-50-19-12-13-22-59(50)67-63(51)55/h8-11,13-18,20-23,26-32,34-36,44,65H,7,12,19,24-25,33H2,1-6H3. The first-order valence-corrected chi connectivity index (χ1v) is 24.4. The number of nitrogens with zero attached hydrogens (tertiary/aromatic N) is 1. The molecule has 2 heterocycles. The van der Waals surface area contributed by atoms with Crippen LogP contribution in [0.1, 0.15) is 93.5 Å². The number of rotatable bonds is 9. The summed E-state index contributed by atoms with van der Waals surface area (Å²) in [5.74, 6) is 1.67. The highest BCUT2D eigenvalue weighted by Gasteiger charge is 2.32. The maximum absolute atomic E-state index is 6.68. The Morgan fingerprint density at radius 3 is 2.28 bits per heavy atom. The summed E-state index contributed by atoms with van der Waals surface area (Å²) in [6, 6.07) is 50.8. The van der Waals surface area contributed by atoms with Crippen molar-refractivity contribution in [3.8, 4) is 22.3 Å². The third-order valence-electron chi connectivity index (χ3n) is 14.9. The maximum Gasteiger partial charge on any atom is 0.197 e. The SMILES string of the molecule is CCc1ccc(N2c3cc(Cc4ccccc4C4CC4)c(C)cc3[B]c3c(-c4c(Nc5cccc6c7c(oc56)C=CCC7)ccc5ccccc45)cc(-c4c(C)cc(C)cc4C)cc32)c(C)c1. The second-order valence-electron chi connectivity index (χ2n) is 19.6. The van der Waals surface area contributed by atoms with Crippen LogP contribution in [0.4, 0.5) is 28.4 Å². The van der Waals surface area contributed by atoms with Gasteiger partial charge in [-0.15, -0.1) is 0 Å². The van der Waals surface area contributed by atoms with Gasteiger partial charge in [-0.2, -0.15) is 0 Å². The van der Waals surface area contributed by atoms with Gasteiger partial charge in [0.1, 0.15) is 5.76 Å². The Balaban J connectivity index is 1.13. The van der Waals surface area contributed by atoms with Crippen LogP contribution in [0.5, 0.6) is 0 Å². The minimum Gasteiger partial charge on any atom is -0.454 e. The Bertz CT molecular complexity index is 3490. The molecule has 1 aliphatic heterocycles. The number of fused-ring (bicyclic) bond motifs is 6. The molecule has 1 fully saturated rings. The van der Waals surface area contributed by atoms with E-state index in [-0.39, 0.29) is 0 Å². The zero-order valence-electron chi connectivity index (χ0n) is 39.6. The zero-order valence-corrected chi connectivity index (χ0v) is 39.6. The van der Waals surface area contributed by atoms with Crippen LogP contribution in [-0.2, 0) is 19.3 Å². The van der Waals surface area contributed by atoms with Gasteiger partial charge in [-0.3, -0.25) is 0 Å². The first-order valence-electron chi connectivity index (χ1n) is 24.4. The Morgan fingerprint density at radius 1 is 0.657 bits per heavy atom. The average molecular weight is 868 g/mol. The molecule has 12 rings (SSSR count). The normalized spacial score (nSPS) is 14.0. The van der Waals surface area contributed by atoms with E-state index in [1.54, 1.807) is 0 Å². The third kappa shape index (κ3) is 7.20. The number of nitrogens with one attached hydrogen (secondary N) is 1. The maximum atomic E-state index is 6.68. The molecule has 0 atom stereocenters. The molecule has 4 heteroatoms. The van der Waals surface area contributed by atoms with E-state index in [9.17, 15) is 0 Å². The van der Waals surface area contributed by atoms with Crippen molar-refractivity contribution in [3.63, 3.8) is 0 Å². The summed E-state index contributed by atoms with van der Waals surface area (Å²) in [6.45, 7) is 13.6. The van der Waals surface area contributed by atoms with Gasteiger partial charge in [0.15, 0.2) is 12.9 Å². The van der Waals surface area contributed by atoms with Gasteiger partial charge in [0.25, 0.3) is 0 Å². The van der Waals surface area contributed by atoms with E-state index in [4.69, 9.17) is 4.42 Å². The van der Waals surface area contributed by atoms with Crippen LogP contribution in [0, 0.1) is 34.6 Å². The predicted octanol–water partition coefficient (Wildman–Crippen LogP) is 15.6. The van der Waals surface area contributed by atoms with Crippen molar-refractivity contribution in [3.05, 3.63) is 201 Å². The second-order valence-corrected chi connectivity index (χ2v) is 19.6. The van der Waals surface area contributed by atoms with Gasteiger partial charge in [0.2, 0.25) is 0 Å². The predicted molar refractivity (Wildman–Crippen MR) is 286 cm³/mol. The lowest BCUT2D eigenvalue weighted by Crippen LogP contribution is -2.41. The Kier molecular flexibility index (Phi) is 10.1. The summed E-state index contributed by atoms with van der Waals surface area (Å²) < 4.78 is 6.68. The molecule has 0 saturated heterocycles. The number of benzene rings is 8. The number of anilines is 5. The Labute approximate surface area is 396 Å². The third-order valence-corrected chi connectivity index (χ3v) is 14.9. The molecule has 67 heavy (non-hydrogen) atoms. The Hall–Kier alpha value is -7.04. The quantitative estimate of drug-likeness (QED) is 0.147. The molecule has 0 unspecified atom stereocenters. The van der Waals surface area contributed by atoms with E-state index in [1.165, 1.54) is 135 Å². The average Bonchev–Trinajstić information content (AvgIpc) is 4.11. The molecule has 0 bridgehead atoms. The van der Waals surface area contributed by atoms with Crippen LogP contribution >= 0.6 is 0 Å². The molecule has 0 amide bonds. The van der Waals surface area contributed by atoms with Crippen molar-refractivity contribution in [1.29, 1.82) is 0 Å². The molecule has 1 N–H and O–H groups in total. The highest BCUT2D eigenvalue weighted by molar-refractivity contribution is 6.73. The number of aryl methyl sites for hydroxylation is 7. The van der Waals surface area contributed by atoms with Crippen LogP contribution in [0.3, 0.4) is 0 Å². The van der Waals surface area contributed by atoms with E-state index in [0.717, 1.165) is 48.4 Å². The smallest absolute Gasteiger partial charge is 0.197 e. The minimum atomic E-state index is 0.694. The van der Waals surface area contributed by atoms with Gasteiger partial charge in [0, 0.05) is 39.3 Å². The van der Waals surface area contributed by atoms with Crippen molar-refractivity contribution in [1.82, 2.24) is 0 Å². The van der Waals surface area contributed by atoms with Crippen LogP contribution in [-0.4, -0.2) is 7.28 Å². The summed E-state index contributed by atoms with van der Waals surface area (Å²) in [5.41, 5.74) is 27.3. The number of furan rings is 1. The summed E-state index contributed by atoms with van der Waals surface area (Å²) in [5, 5.41) is 7.60. The number of allylic oxidation sites excluding steroid dienone is 1. The lowest BCUT2D eigenvalue weighted by atomic mass is 9.57. The van der Waals surface area contributed by atoms with Gasteiger partial charge in [-0.05, 0) is 199 Å². The molecule has 327 valence electrons. The summed E-state index contributed by atoms with van der Waals surface area (Å²) in [4.78, 5) is 2.60. The molecular weight excluding hydrogens is 812 g/mol. The molecule has 1 saturated carbocycles. The molecule has 9 aromatic rings. The van der Waals surface area contributed by atoms with E-state index >= 15 is 0 Å². The van der Waals surface area contributed by atoms with Gasteiger partial charge in [-0.25, -0.2) is 0 Å². The fourth-order valence-corrected chi connectivity index (χ4v) is 11.6. The summed E-state index contributed by atoms with van der Waals surface area (Å²) >= 11 is 0. The first-order chi connectivity index (χ1) is 32.7. The monoisotopic (exact) mass is 867 g/mol.